The molecule has 0 saturated heterocycles. The molecule has 0 aromatic heterocycles. The summed E-state index contributed by atoms with van der Waals surface area (Å²) >= 11 is 0. The van der Waals surface area contributed by atoms with Crippen LogP contribution in [0.3, 0.4) is 0 Å². The molecule has 1 aliphatic heterocycles. The number of fused-ring (bicyclic) bond motifs is 1. The van der Waals surface area contributed by atoms with Crippen LogP contribution in [0.25, 0.3) is 0 Å². The lowest BCUT2D eigenvalue weighted by atomic mass is 10.0. The molecule has 3 atom stereocenters. The molecule has 3 rings (SSSR count). The molecule has 1 heterocycles. The van der Waals surface area contributed by atoms with E-state index in [-0.39, 0.29) is 43.2 Å². The highest BCUT2D eigenvalue weighted by atomic mass is 32.2. The van der Waals surface area contributed by atoms with Gasteiger partial charge in [-0.05, 0) is 43.2 Å². The second-order valence-electron chi connectivity index (χ2n) is 8.42. The number of ether oxygens (including phenoxy) is 3. The molecular formula is C24H32N2O7S. The first kappa shape index (κ1) is 26.0. The fourth-order valence-electron chi connectivity index (χ4n) is 3.82. The van der Waals surface area contributed by atoms with E-state index in [0.717, 1.165) is 0 Å². The Kier molecular flexibility index (Phi) is 8.53. The Labute approximate surface area is 200 Å². The fraction of sp³-hybridized carbons (Fsp3) is 0.458. The third-order valence-corrected chi connectivity index (χ3v) is 7.93. The van der Waals surface area contributed by atoms with E-state index in [1.54, 1.807) is 50.4 Å². The van der Waals surface area contributed by atoms with Gasteiger partial charge in [-0.15, -0.1) is 0 Å². The Hall–Kier alpha value is -2.66. The molecule has 2 aromatic rings. The van der Waals surface area contributed by atoms with Crippen molar-refractivity contribution in [1.29, 1.82) is 0 Å². The maximum Gasteiger partial charge on any atom is 0.253 e. The first-order valence-corrected chi connectivity index (χ1v) is 12.5. The molecule has 186 valence electrons. The number of hydrogen-bond donors (Lipinski definition) is 1. The van der Waals surface area contributed by atoms with Crippen LogP contribution in [0, 0.1) is 5.92 Å². The number of hydrogen-bond acceptors (Lipinski definition) is 7. The van der Waals surface area contributed by atoms with Gasteiger partial charge in [0, 0.05) is 38.9 Å². The first-order chi connectivity index (χ1) is 16.2. The van der Waals surface area contributed by atoms with Crippen LogP contribution in [0.2, 0.25) is 0 Å². The second kappa shape index (κ2) is 11.2. The number of carbonyl (C=O) groups is 1. The number of amides is 1. The molecule has 34 heavy (non-hydrogen) atoms. The Bertz CT molecular complexity index is 1080. The van der Waals surface area contributed by atoms with Crippen LogP contribution >= 0.6 is 0 Å². The van der Waals surface area contributed by atoms with E-state index >= 15 is 0 Å². The van der Waals surface area contributed by atoms with Crippen molar-refractivity contribution in [3.8, 4) is 11.5 Å². The zero-order valence-electron chi connectivity index (χ0n) is 19.9. The van der Waals surface area contributed by atoms with E-state index in [2.05, 4.69) is 0 Å². The average Bonchev–Trinajstić information content (AvgIpc) is 3.33. The molecule has 10 heteroatoms. The topological polar surface area (TPSA) is 106 Å². The van der Waals surface area contributed by atoms with Crippen molar-refractivity contribution >= 4 is 15.9 Å². The molecule has 0 bridgehead atoms. The second-order valence-corrected chi connectivity index (χ2v) is 10.3. The number of rotatable bonds is 11. The van der Waals surface area contributed by atoms with Crippen LogP contribution in [-0.2, 0) is 14.8 Å². The number of aliphatic hydroxyl groups is 1. The number of sulfonamides is 1. The van der Waals surface area contributed by atoms with Gasteiger partial charge in [0.2, 0.25) is 16.8 Å². The van der Waals surface area contributed by atoms with Gasteiger partial charge in [-0.3, -0.25) is 4.79 Å². The Morgan fingerprint density at radius 1 is 1.09 bits per heavy atom. The number of likely N-dealkylation sites (N-methyl/N-ethyl adjacent to an activating group) is 1. The van der Waals surface area contributed by atoms with Crippen LogP contribution in [-0.4, -0.2) is 81.4 Å². The quantitative estimate of drug-likeness (QED) is 0.513. The Morgan fingerprint density at radius 3 is 2.41 bits per heavy atom. The predicted molar refractivity (Wildman–Crippen MR) is 126 cm³/mol. The molecule has 1 N–H and O–H groups in total. The molecule has 0 aliphatic carbocycles. The third kappa shape index (κ3) is 5.69. The van der Waals surface area contributed by atoms with Crippen molar-refractivity contribution in [2.75, 3.05) is 40.6 Å². The largest absolute Gasteiger partial charge is 0.454 e. The lowest BCUT2D eigenvalue weighted by Gasteiger charge is -2.33. The molecule has 9 nitrogen and oxygen atoms in total. The van der Waals surface area contributed by atoms with Crippen LogP contribution in [0.5, 0.6) is 11.5 Å². The van der Waals surface area contributed by atoms with Gasteiger partial charge in [0.25, 0.3) is 5.91 Å². The summed E-state index contributed by atoms with van der Waals surface area (Å²) in [5.74, 6) is 0.630. The highest BCUT2D eigenvalue weighted by molar-refractivity contribution is 7.89. The Morgan fingerprint density at radius 2 is 1.76 bits per heavy atom. The summed E-state index contributed by atoms with van der Waals surface area (Å²) in [5.41, 5.74) is 0.455. The van der Waals surface area contributed by atoms with Crippen molar-refractivity contribution in [3.63, 3.8) is 0 Å². The van der Waals surface area contributed by atoms with E-state index in [0.29, 0.717) is 17.1 Å². The third-order valence-electron chi connectivity index (χ3n) is 5.93. The average molecular weight is 493 g/mol. The van der Waals surface area contributed by atoms with Gasteiger partial charge in [0.1, 0.15) is 0 Å². The summed E-state index contributed by atoms with van der Waals surface area (Å²) in [6.45, 7) is 3.69. The van der Waals surface area contributed by atoms with Crippen LogP contribution in [0.1, 0.15) is 24.2 Å². The number of aliphatic hydroxyl groups excluding tert-OH is 1. The summed E-state index contributed by atoms with van der Waals surface area (Å²) in [7, 11) is -0.631. The van der Waals surface area contributed by atoms with E-state index < -0.39 is 22.2 Å². The van der Waals surface area contributed by atoms with Gasteiger partial charge in [0.15, 0.2) is 11.5 Å². The van der Waals surface area contributed by atoms with Gasteiger partial charge >= 0.3 is 0 Å². The van der Waals surface area contributed by atoms with E-state index in [9.17, 15) is 18.3 Å². The molecule has 2 aromatic carbocycles. The van der Waals surface area contributed by atoms with Crippen molar-refractivity contribution in [3.05, 3.63) is 54.1 Å². The molecule has 0 spiro atoms. The highest BCUT2D eigenvalue weighted by Crippen LogP contribution is 2.32. The molecular weight excluding hydrogens is 460 g/mol. The summed E-state index contributed by atoms with van der Waals surface area (Å²) in [5, 5.41) is 9.73. The number of benzene rings is 2. The van der Waals surface area contributed by atoms with E-state index in [1.165, 1.54) is 28.4 Å². The minimum absolute atomic E-state index is 0.115. The van der Waals surface area contributed by atoms with Crippen molar-refractivity contribution in [2.24, 2.45) is 5.92 Å². The SMILES string of the molecule is CO[C@@H](CN(C)C(=O)c1ccc2c(c1)OCO2)[C@@H](C)CN([C@@H](C)CO)S(=O)(=O)c1ccccc1. The number of methoxy groups -OCH3 is 1. The summed E-state index contributed by atoms with van der Waals surface area (Å²) in [6, 6.07) is 12.5. The fourth-order valence-corrected chi connectivity index (χ4v) is 5.57. The minimum atomic E-state index is -3.83. The van der Waals surface area contributed by atoms with E-state index in [1.807, 2.05) is 6.92 Å². The van der Waals surface area contributed by atoms with Crippen molar-refractivity contribution < 1.29 is 32.5 Å². The smallest absolute Gasteiger partial charge is 0.253 e. The predicted octanol–water partition coefficient (Wildman–Crippen LogP) is 2.21. The molecule has 0 radical (unpaired) electrons. The maximum absolute atomic E-state index is 13.3. The van der Waals surface area contributed by atoms with Crippen molar-refractivity contribution in [1.82, 2.24) is 9.21 Å². The highest BCUT2D eigenvalue weighted by Gasteiger charge is 2.33. The summed E-state index contributed by atoms with van der Waals surface area (Å²) in [6.07, 6.45) is -0.442. The summed E-state index contributed by atoms with van der Waals surface area (Å²) in [4.78, 5) is 14.7. The number of nitrogens with zero attached hydrogens (tertiary/aromatic N) is 2. The lowest BCUT2D eigenvalue weighted by Crippen LogP contribution is -2.47. The van der Waals surface area contributed by atoms with Crippen LogP contribution in [0.4, 0.5) is 0 Å². The van der Waals surface area contributed by atoms with Crippen molar-refractivity contribution in [2.45, 2.75) is 30.9 Å². The van der Waals surface area contributed by atoms with E-state index in [4.69, 9.17) is 14.2 Å². The maximum atomic E-state index is 13.3. The van der Waals surface area contributed by atoms with Gasteiger partial charge in [-0.25, -0.2) is 8.42 Å². The normalized spacial score (nSPS) is 15.7. The van der Waals surface area contributed by atoms with Crippen LogP contribution < -0.4 is 9.47 Å². The molecule has 1 amide bonds. The molecule has 0 unspecified atom stereocenters. The zero-order chi connectivity index (χ0) is 24.9. The van der Waals surface area contributed by atoms with Gasteiger partial charge in [-0.1, -0.05) is 25.1 Å². The van der Waals surface area contributed by atoms with Crippen LogP contribution in [0.15, 0.2) is 53.4 Å². The summed E-state index contributed by atoms with van der Waals surface area (Å²) < 4.78 is 44.1. The first-order valence-electron chi connectivity index (χ1n) is 11.0. The van der Waals surface area contributed by atoms with Gasteiger partial charge < -0.3 is 24.2 Å². The minimum Gasteiger partial charge on any atom is -0.454 e. The van der Waals surface area contributed by atoms with Gasteiger partial charge in [-0.2, -0.15) is 4.31 Å². The Balaban J connectivity index is 1.72. The van der Waals surface area contributed by atoms with Gasteiger partial charge in [0.05, 0.1) is 17.6 Å². The monoisotopic (exact) mass is 492 g/mol. The molecule has 0 saturated carbocycles. The molecule has 1 aliphatic rings. The molecule has 0 fully saturated rings. The zero-order valence-corrected chi connectivity index (χ0v) is 20.7. The standard InChI is InChI=1S/C24H32N2O7S/c1-17(13-26(18(2)15-27)34(29,30)20-8-6-5-7-9-20)23(31-4)14-25(3)24(28)19-10-11-21-22(12-19)33-16-32-21/h5-12,17-18,23,27H,13-16H2,1-4H3/t17-,18-,23-/m0/s1. The lowest BCUT2D eigenvalue weighted by molar-refractivity contribution is 0.0221. The number of carbonyl (C=O) groups excluding carboxylic acids is 1.